The molecule has 1 N–H and O–H groups in total. The van der Waals surface area contributed by atoms with Crippen LogP contribution in [0.15, 0.2) is 12.1 Å². The minimum Gasteiger partial charge on any atom is -0.481 e. The normalized spacial score (nSPS) is 23.4. The monoisotopic (exact) mass is 368 g/mol. The fourth-order valence-corrected chi connectivity index (χ4v) is 4.37. The van der Waals surface area contributed by atoms with Gasteiger partial charge in [-0.3, -0.25) is 14.5 Å². The van der Waals surface area contributed by atoms with Crippen molar-refractivity contribution in [2.45, 2.75) is 38.3 Å². The molecule has 1 spiro atoms. The first kappa shape index (κ1) is 18.1. The quantitative estimate of drug-likeness (QED) is 0.891. The second kappa shape index (κ2) is 6.57. The van der Waals surface area contributed by atoms with Gasteiger partial charge in [0.15, 0.2) is 0 Å². The zero-order chi connectivity index (χ0) is 18.4. The zero-order valence-electron chi connectivity index (χ0n) is 14.4. The number of carboxylic acids is 1. The van der Waals surface area contributed by atoms with Crippen LogP contribution in [0.1, 0.15) is 30.4 Å². The van der Waals surface area contributed by atoms with E-state index < -0.39 is 17.4 Å². The predicted molar refractivity (Wildman–Crippen MR) is 91.9 cm³/mol. The molecule has 0 aliphatic carbocycles. The molecule has 3 rings (SSSR count). The molecule has 2 saturated heterocycles. The Balaban J connectivity index is 1.75. The first-order valence-electron chi connectivity index (χ1n) is 8.41. The number of benzene rings is 1. The SMILES string of the molecule is Cc1ccc(Cl)c(CN2CCC3(CC2)[C@@H](C(=O)O)CC(=O)N3C)c1F. The van der Waals surface area contributed by atoms with Crippen molar-refractivity contribution in [1.82, 2.24) is 9.80 Å². The van der Waals surface area contributed by atoms with Crippen LogP contribution < -0.4 is 0 Å². The van der Waals surface area contributed by atoms with Crippen LogP contribution in [0, 0.1) is 18.7 Å². The highest BCUT2D eigenvalue weighted by atomic mass is 35.5. The van der Waals surface area contributed by atoms with E-state index in [-0.39, 0.29) is 18.1 Å². The Hall–Kier alpha value is -1.66. The molecular formula is C18H22ClFN2O3. The Morgan fingerprint density at radius 3 is 2.64 bits per heavy atom. The van der Waals surface area contributed by atoms with Crippen molar-refractivity contribution in [2.75, 3.05) is 20.1 Å². The topological polar surface area (TPSA) is 60.9 Å². The van der Waals surface area contributed by atoms with Crippen molar-refractivity contribution in [3.8, 4) is 0 Å². The number of carboxylic acid groups (broad SMARTS) is 1. The van der Waals surface area contributed by atoms with Crippen molar-refractivity contribution in [3.05, 3.63) is 34.1 Å². The van der Waals surface area contributed by atoms with Crippen LogP contribution in [0.2, 0.25) is 5.02 Å². The molecule has 0 bridgehead atoms. The third-order valence-electron chi connectivity index (χ3n) is 5.85. The fraction of sp³-hybridized carbons (Fsp3) is 0.556. The highest BCUT2D eigenvalue weighted by Gasteiger charge is 2.55. The number of rotatable bonds is 3. The summed E-state index contributed by atoms with van der Waals surface area (Å²) < 4.78 is 14.4. The highest BCUT2D eigenvalue weighted by Crippen LogP contribution is 2.43. The summed E-state index contributed by atoms with van der Waals surface area (Å²) in [4.78, 5) is 27.3. The Morgan fingerprint density at radius 1 is 1.40 bits per heavy atom. The lowest BCUT2D eigenvalue weighted by Crippen LogP contribution is -2.56. The molecule has 25 heavy (non-hydrogen) atoms. The number of carbonyl (C=O) groups excluding carboxylic acids is 1. The maximum atomic E-state index is 14.4. The van der Waals surface area contributed by atoms with Crippen LogP contribution in [0.3, 0.4) is 0 Å². The van der Waals surface area contributed by atoms with E-state index >= 15 is 0 Å². The number of hydrogen-bond acceptors (Lipinski definition) is 3. The van der Waals surface area contributed by atoms with Crippen LogP contribution in [0.4, 0.5) is 4.39 Å². The zero-order valence-corrected chi connectivity index (χ0v) is 15.1. The molecule has 2 heterocycles. The van der Waals surface area contributed by atoms with E-state index in [1.54, 1.807) is 31.0 Å². The maximum absolute atomic E-state index is 14.4. The fourth-order valence-electron chi connectivity index (χ4n) is 4.17. The van der Waals surface area contributed by atoms with Gasteiger partial charge in [0.25, 0.3) is 0 Å². The summed E-state index contributed by atoms with van der Waals surface area (Å²) in [5.41, 5.74) is 0.400. The van der Waals surface area contributed by atoms with Gasteiger partial charge in [-0.15, -0.1) is 0 Å². The first-order valence-corrected chi connectivity index (χ1v) is 8.79. The van der Waals surface area contributed by atoms with E-state index in [0.717, 1.165) is 0 Å². The average Bonchev–Trinajstić information content (AvgIpc) is 2.82. The second-order valence-electron chi connectivity index (χ2n) is 7.08. The van der Waals surface area contributed by atoms with Gasteiger partial charge in [-0.25, -0.2) is 4.39 Å². The van der Waals surface area contributed by atoms with Crippen LogP contribution >= 0.6 is 11.6 Å². The van der Waals surface area contributed by atoms with Gasteiger partial charge < -0.3 is 10.0 Å². The second-order valence-corrected chi connectivity index (χ2v) is 7.49. The van der Waals surface area contributed by atoms with E-state index in [9.17, 15) is 19.1 Å². The standard InChI is InChI=1S/C18H22ClFN2O3/c1-11-3-4-14(19)12(16(11)20)10-22-7-5-18(6-8-22)13(17(24)25)9-15(23)21(18)2/h3-4,13H,5-10H2,1-2H3,(H,24,25)/t13-/m1/s1. The van der Waals surface area contributed by atoms with Gasteiger partial charge in [0.05, 0.1) is 11.5 Å². The smallest absolute Gasteiger partial charge is 0.309 e. The molecule has 7 heteroatoms. The summed E-state index contributed by atoms with van der Waals surface area (Å²) in [6.07, 6.45) is 1.19. The molecule has 0 unspecified atom stereocenters. The third kappa shape index (κ3) is 3.02. The molecule has 0 saturated carbocycles. The van der Waals surface area contributed by atoms with E-state index in [4.69, 9.17) is 11.6 Å². The molecule has 2 aliphatic heterocycles. The Labute approximate surface area is 151 Å². The van der Waals surface area contributed by atoms with Gasteiger partial charge in [-0.2, -0.15) is 0 Å². The van der Waals surface area contributed by atoms with Gasteiger partial charge in [0, 0.05) is 43.7 Å². The van der Waals surface area contributed by atoms with Gasteiger partial charge in [-0.1, -0.05) is 17.7 Å². The van der Waals surface area contributed by atoms with Crippen LogP contribution in [0.5, 0.6) is 0 Å². The van der Waals surface area contributed by atoms with Gasteiger partial charge in [0.1, 0.15) is 5.82 Å². The van der Waals surface area contributed by atoms with Crippen molar-refractivity contribution in [3.63, 3.8) is 0 Å². The van der Waals surface area contributed by atoms with Crippen molar-refractivity contribution >= 4 is 23.5 Å². The summed E-state index contributed by atoms with van der Waals surface area (Å²) in [6, 6.07) is 3.35. The molecule has 0 radical (unpaired) electrons. The van der Waals surface area contributed by atoms with Crippen molar-refractivity contribution in [1.29, 1.82) is 0 Å². The number of halogens is 2. The van der Waals surface area contributed by atoms with Crippen molar-refractivity contribution in [2.24, 2.45) is 5.92 Å². The van der Waals surface area contributed by atoms with Crippen molar-refractivity contribution < 1.29 is 19.1 Å². The number of hydrogen-bond donors (Lipinski definition) is 1. The number of amides is 1. The third-order valence-corrected chi connectivity index (χ3v) is 6.20. The van der Waals surface area contributed by atoms with E-state index in [1.165, 1.54) is 0 Å². The molecule has 136 valence electrons. The van der Waals surface area contributed by atoms with Gasteiger partial charge in [-0.05, 0) is 31.4 Å². The Kier molecular flexibility index (Phi) is 4.77. The molecule has 1 aromatic carbocycles. The number of carbonyl (C=O) groups is 2. The lowest BCUT2D eigenvalue weighted by Gasteiger charge is -2.45. The van der Waals surface area contributed by atoms with E-state index in [0.29, 0.717) is 48.6 Å². The predicted octanol–water partition coefficient (Wildman–Crippen LogP) is 2.69. The maximum Gasteiger partial charge on any atom is 0.309 e. The summed E-state index contributed by atoms with van der Waals surface area (Å²) in [5.74, 6) is -2.00. The number of likely N-dealkylation sites (tertiary alicyclic amines) is 2. The highest BCUT2D eigenvalue weighted by molar-refractivity contribution is 6.31. The van der Waals surface area contributed by atoms with Crippen LogP contribution in [0.25, 0.3) is 0 Å². The average molecular weight is 369 g/mol. The van der Waals surface area contributed by atoms with Crippen LogP contribution in [-0.2, 0) is 16.1 Å². The largest absolute Gasteiger partial charge is 0.481 e. The summed E-state index contributed by atoms with van der Waals surface area (Å²) in [7, 11) is 1.69. The minimum absolute atomic E-state index is 0.0597. The Morgan fingerprint density at radius 2 is 2.04 bits per heavy atom. The summed E-state index contributed by atoms with van der Waals surface area (Å²) >= 11 is 6.15. The molecule has 5 nitrogen and oxygen atoms in total. The van der Waals surface area contributed by atoms with E-state index in [2.05, 4.69) is 4.90 Å². The molecule has 1 amide bonds. The number of aliphatic carboxylic acids is 1. The van der Waals surface area contributed by atoms with Gasteiger partial charge in [0.2, 0.25) is 5.91 Å². The van der Waals surface area contributed by atoms with Crippen LogP contribution in [-0.4, -0.2) is 52.5 Å². The van der Waals surface area contributed by atoms with E-state index in [1.807, 2.05) is 0 Å². The summed E-state index contributed by atoms with van der Waals surface area (Å²) in [6.45, 7) is 3.30. The lowest BCUT2D eigenvalue weighted by molar-refractivity contribution is -0.146. The molecule has 1 aromatic rings. The number of piperidine rings is 1. The molecule has 1 atom stereocenters. The van der Waals surface area contributed by atoms with Gasteiger partial charge >= 0.3 is 5.97 Å². The number of nitrogens with zero attached hydrogens (tertiary/aromatic N) is 2. The number of aryl methyl sites for hydroxylation is 1. The first-order chi connectivity index (χ1) is 11.8. The minimum atomic E-state index is -0.918. The molecule has 2 aliphatic rings. The lowest BCUT2D eigenvalue weighted by atomic mass is 9.77. The molecular weight excluding hydrogens is 347 g/mol. The summed E-state index contributed by atoms with van der Waals surface area (Å²) in [5, 5.41) is 9.91. The Bertz CT molecular complexity index is 717. The molecule has 2 fully saturated rings. The molecule has 0 aromatic heterocycles.